The number of carbonyl (C=O) groups excluding carboxylic acids is 2. The molecule has 0 saturated carbocycles. The third-order valence-electron chi connectivity index (χ3n) is 3.48. The van der Waals surface area contributed by atoms with Gasteiger partial charge >= 0.3 is 0 Å². The zero-order valence-electron chi connectivity index (χ0n) is 11.1. The maximum absolute atomic E-state index is 12.0. The molecular weight excluding hydrogens is 224 g/mol. The van der Waals surface area contributed by atoms with Gasteiger partial charge in [-0.05, 0) is 74.3 Å². The van der Waals surface area contributed by atoms with E-state index in [-0.39, 0.29) is 11.6 Å². The normalized spacial score (nSPS) is 24.4. The summed E-state index contributed by atoms with van der Waals surface area (Å²) < 4.78 is 0. The zero-order valence-corrected chi connectivity index (χ0v) is 11.1. The van der Waals surface area contributed by atoms with Crippen molar-refractivity contribution in [1.82, 2.24) is 0 Å². The highest BCUT2D eigenvalue weighted by molar-refractivity contribution is 6.18. The highest BCUT2D eigenvalue weighted by Gasteiger charge is 2.21. The van der Waals surface area contributed by atoms with Gasteiger partial charge in [0.25, 0.3) is 0 Å². The molecule has 92 valence electrons. The second-order valence-electron chi connectivity index (χ2n) is 4.87. The van der Waals surface area contributed by atoms with Crippen molar-refractivity contribution in [3.63, 3.8) is 0 Å². The van der Waals surface area contributed by atoms with Crippen LogP contribution in [-0.4, -0.2) is 11.6 Å². The Hall–Kier alpha value is -1.96. The average Bonchev–Trinajstić information content (AvgIpc) is 2.29. The summed E-state index contributed by atoms with van der Waals surface area (Å²) in [4.78, 5) is 24.0. The molecule has 0 saturated heterocycles. The van der Waals surface area contributed by atoms with E-state index in [9.17, 15) is 9.59 Å². The fraction of sp³-hybridized carbons (Fsp3) is 0.250. The smallest absolute Gasteiger partial charge is 0.186 e. The molecule has 0 fully saturated rings. The fourth-order valence-electron chi connectivity index (χ4n) is 2.00. The summed E-state index contributed by atoms with van der Waals surface area (Å²) in [5.41, 5.74) is 4.99. The van der Waals surface area contributed by atoms with Gasteiger partial charge in [-0.25, -0.2) is 0 Å². The van der Waals surface area contributed by atoms with Crippen molar-refractivity contribution in [2.45, 2.75) is 27.7 Å². The summed E-state index contributed by atoms with van der Waals surface area (Å²) in [5.74, 6) is -0.170. The van der Waals surface area contributed by atoms with Crippen LogP contribution in [0.15, 0.2) is 57.7 Å². The second-order valence-corrected chi connectivity index (χ2v) is 4.87. The van der Waals surface area contributed by atoms with Gasteiger partial charge in [0.05, 0.1) is 0 Å². The Morgan fingerprint density at radius 3 is 1.17 bits per heavy atom. The van der Waals surface area contributed by atoms with Crippen LogP contribution in [0.25, 0.3) is 0 Å². The summed E-state index contributed by atoms with van der Waals surface area (Å²) in [7, 11) is 0. The predicted molar refractivity (Wildman–Crippen MR) is 72.1 cm³/mol. The molecule has 0 aromatic heterocycles. The Kier molecular flexibility index (Phi) is 3.04. The molecule has 0 radical (unpaired) electrons. The average molecular weight is 240 g/mol. The van der Waals surface area contributed by atoms with Gasteiger partial charge in [0.1, 0.15) is 0 Å². The van der Waals surface area contributed by atoms with Crippen LogP contribution in [-0.2, 0) is 9.59 Å². The molecule has 2 aliphatic carbocycles. The summed E-state index contributed by atoms with van der Waals surface area (Å²) in [6.07, 6.45) is 6.81. The van der Waals surface area contributed by atoms with E-state index in [1.54, 1.807) is 12.2 Å². The van der Waals surface area contributed by atoms with Crippen molar-refractivity contribution in [2.24, 2.45) is 0 Å². The fourth-order valence-corrected chi connectivity index (χ4v) is 2.00. The molecular formula is C16H16O2. The number of rotatable bonds is 0. The van der Waals surface area contributed by atoms with Gasteiger partial charge < -0.3 is 0 Å². The molecule has 0 aromatic carbocycles. The number of hydrogen-bond donors (Lipinski definition) is 0. The van der Waals surface area contributed by atoms with Crippen molar-refractivity contribution in [3.05, 3.63) is 57.7 Å². The minimum atomic E-state index is -0.0848. The van der Waals surface area contributed by atoms with E-state index in [0.29, 0.717) is 11.1 Å². The van der Waals surface area contributed by atoms with E-state index in [0.717, 1.165) is 22.3 Å². The van der Waals surface area contributed by atoms with Crippen molar-refractivity contribution < 1.29 is 9.59 Å². The maximum atomic E-state index is 12.0. The number of ketones is 2. The zero-order chi connectivity index (χ0) is 13.4. The van der Waals surface area contributed by atoms with Crippen LogP contribution in [0.5, 0.6) is 0 Å². The van der Waals surface area contributed by atoms with E-state index < -0.39 is 0 Å². The molecule has 0 spiro atoms. The van der Waals surface area contributed by atoms with E-state index in [2.05, 4.69) is 0 Å². The third-order valence-corrected chi connectivity index (χ3v) is 3.48. The lowest BCUT2D eigenvalue weighted by Crippen LogP contribution is -2.13. The molecule has 2 aliphatic rings. The molecule has 0 aromatic rings. The molecule has 18 heavy (non-hydrogen) atoms. The summed E-state index contributed by atoms with van der Waals surface area (Å²) in [6.45, 7) is 7.70. The minimum absolute atomic E-state index is 0.0848. The largest absolute Gasteiger partial charge is 0.289 e. The van der Waals surface area contributed by atoms with Gasteiger partial charge in [-0.1, -0.05) is 0 Å². The lowest BCUT2D eigenvalue weighted by atomic mass is 9.87. The Morgan fingerprint density at radius 1 is 0.556 bits per heavy atom. The van der Waals surface area contributed by atoms with E-state index >= 15 is 0 Å². The van der Waals surface area contributed by atoms with Crippen LogP contribution in [0.3, 0.4) is 0 Å². The Labute approximate surface area is 107 Å². The highest BCUT2D eigenvalue weighted by Crippen LogP contribution is 2.27. The first-order valence-electron chi connectivity index (χ1n) is 5.97. The standard InChI is InChI=1S/C16H16O2/c1-9-5-13(15(17)7-11(9)3)14-6-10(2)12(4)8-16(14)18/h5-8H,1-4H3. The van der Waals surface area contributed by atoms with Crippen molar-refractivity contribution >= 4 is 11.6 Å². The van der Waals surface area contributed by atoms with Crippen molar-refractivity contribution in [1.29, 1.82) is 0 Å². The minimum Gasteiger partial charge on any atom is -0.289 e. The lowest BCUT2D eigenvalue weighted by molar-refractivity contribution is -0.113. The van der Waals surface area contributed by atoms with Crippen LogP contribution in [0.1, 0.15) is 27.7 Å². The first-order chi connectivity index (χ1) is 8.40. The molecule has 0 unspecified atom stereocenters. The van der Waals surface area contributed by atoms with Crippen molar-refractivity contribution in [2.75, 3.05) is 0 Å². The Morgan fingerprint density at radius 2 is 0.833 bits per heavy atom. The first kappa shape index (κ1) is 12.5. The molecule has 2 rings (SSSR count). The number of carbonyl (C=O) groups is 2. The van der Waals surface area contributed by atoms with E-state index in [4.69, 9.17) is 0 Å². The van der Waals surface area contributed by atoms with Gasteiger partial charge in [-0.3, -0.25) is 9.59 Å². The molecule has 0 aliphatic heterocycles. The number of hydrogen-bond acceptors (Lipinski definition) is 2. The van der Waals surface area contributed by atoms with Gasteiger partial charge in [-0.15, -0.1) is 0 Å². The molecule has 0 heterocycles. The Bertz CT molecular complexity index is 551. The van der Waals surface area contributed by atoms with Gasteiger partial charge in [0, 0.05) is 11.1 Å². The first-order valence-corrected chi connectivity index (χ1v) is 5.97. The Balaban J connectivity index is 2.58. The van der Waals surface area contributed by atoms with Gasteiger partial charge in [0.2, 0.25) is 0 Å². The SMILES string of the molecule is CC1=CC(=O)C(=C2C=C(C)C(C)=CC2=O)C=C1C. The third kappa shape index (κ3) is 2.06. The maximum Gasteiger partial charge on any atom is 0.186 e. The van der Waals surface area contributed by atoms with Crippen LogP contribution in [0.2, 0.25) is 0 Å². The number of allylic oxidation sites excluding steroid dienone is 10. The second kappa shape index (κ2) is 4.37. The quantitative estimate of drug-likeness (QED) is 0.609. The van der Waals surface area contributed by atoms with Crippen LogP contribution < -0.4 is 0 Å². The summed E-state index contributed by atoms with van der Waals surface area (Å²) >= 11 is 0. The van der Waals surface area contributed by atoms with E-state index in [1.807, 2.05) is 39.8 Å². The molecule has 0 atom stereocenters. The molecule has 0 amide bonds. The predicted octanol–water partition coefficient (Wildman–Crippen LogP) is 3.23. The monoisotopic (exact) mass is 240 g/mol. The molecule has 2 nitrogen and oxygen atoms in total. The van der Waals surface area contributed by atoms with Crippen molar-refractivity contribution in [3.8, 4) is 0 Å². The van der Waals surface area contributed by atoms with Gasteiger partial charge in [-0.2, -0.15) is 0 Å². The highest BCUT2D eigenvalue weighted by atomic mass is 16.1. The van der Waals surface area contributed by atoms with Crippen LogP contribution in [0.4, 0.5) is 0 Å². The van der Waals surface area contributed by atoms with Crippen LogP contribution >= 0.6 is 0 Å². The molecule has 2 heteroatoms. The van der Waals surface area contributed by atoms with Gasteiger partial charge in [0.15, 0.2) is 11.6 Å². The topological polar surface area (TPSA) is 34.1 Å². The summed E-state index contributed by atoms with van der Waals surface area (Å²) in [5, 5.41) is 0. The van der Waals surface area contributed by atoms with E-state index in [1.165, 1.54) is 0 Å². The molecule has 0 N–H and O–H groups in total. The van der Waals surface area contributed by atoms with Crippen LogP contribution in [0, 0.1) is 0 Å². The summed E-state index contributed by atoms with van der Waals surface area (Å²) in [6, 6.07) is 0. The lowest BCUT2D eigenvalue weighted by Gasteiger charge is -2.16. The molecule has 0 bridgehead atoms.